The summed E-state index contributed by atoms with van der Waals surface area (Å²) < 4.78 is 7.32. The van der Waals surface area contributed by atoms with Crippen molar-refractivity contribution >= 4 is 40.2 Å². The number of ether oxygens (including phenoxy) is 1. The number of amides is 1. The zero-order valence-corrected chi connectivity index (χ0v) is 24.7. The van der Waals surface area contributed by atoms with Crippen LogP contribution in [0.1, 0.15) is 50.7 Å². The van der Waals surface area contributed by atoms with Gasteiger partial charge in [0.2, 0.25) is 0 Å². The molecule has 7 nitrogen and oxygen atoms in total. The number of likely N-dealkylation sites (tertiary alicyclic amines) is 1. The molecule has 0 radical (unpaired) electrons. The lowest BCUT2D eigenvalue weighted by Crippen LogP contribution is -2.51. The van der Waals surface area contributed by atoms with Crippen LogP contribution >= 0.6 is 23.2 Å². The molecule has 0 aliphatic carbocycles. The minimum absolute atomic E-state index is 0.158. The van der Waals surface area contributed by atoms with E-state index in [1.54, 1.807) is 27.7 Å². The van der Waals surface area contributed by atoms with E-state index in [2.05, 4.69) is 0 Å². The van der Waals surface area contributed by atoms with Gasteiger partial charge < -0.3 is 24.2 Å². The van der Waals surface area contributed by atoms with Gasteiger partial charge in [0.1, 0.15) is 5.60 Å². The lowest BCUT2D eigenvalue weighted by Gasteiger charge is -2.43. The molecule has 0 spiro atoms. The molecule has 1 atom stereocenters. The number of hydrogen-bond acceptors (Lipinski definition) is 5. The van der Waals surface area contributed by atoms with Crippen LogP contribution in [0.3, 0.4) is 0 Å². The van der Waals surface area contributed by atoms with Crippen LogP contribution in [0.15, 0.2) is 53.3 Å². The molecule has 0 saturated carbocycles. The molecule has 3 aromatic rings. The first-order valence-electron chi connectivity index (χ1n) is 13.2. The number of halogens is 2. The van der Waals surface area contributed by atoms with Crippen LogP contribution in [0.5, 0.6) is 0 Å². The molecule has 210 valence electrons. The third kappa shape index (κ3) is 6.77. The maximum atomic E-state index is 14.2. The molecule has 2 heterocycles. The van der Waals surface area contributed by atoms with Crippen molar-refractivity contribution in [1.29, 1.82) is 0 Å². The molecule has 1 N–H and O–H groups in total. The minimum atomic E-state index is -1.28. The van der Waals surface area contributed by atoms with Crippen molar-refractivity contribution in [1.82, 2.24) is 14.4 Å². The second-order valence-corrected chi connectivity index (χ2v) is 12.5. The number of nitrogens with zero attached hydrogens (tertiary/aromatic N) is 3. The molecule has 4 rings (SSSR count). The number of piperidine rings is 1. The van der Waals surface area contributed by atoms with Gasteiger partial charge in [0.05, 0.1) is 11.1 Å². The second kappa shape index (κ2) is 11.5. The Morgan fingerprint density at radius 3 is 2.26 bits per heavy atom. The number of carbonyl (C=O) groups is 1. The van der Waals surface area contributed by atoms with Crippen molar-refractivity contribution in [2.75, 3.05) is 33.7 Å². The molecular formula is C30H37Cl2N3O4. The van der Waals surface area contributed by atoms with Gasteiger partial charge in [-0.15, -0.1) is 0 Å². The quantitative estimate of drug-likeness (QED) is 0.405. The second-order valence-electron chi connectivity index (χ2n) is 11.6. The van der Waals surface area contributed by atoms with Crippen molar-refractivity contribution in [3.63, 3.8) is 0 Å². The van der Waals surface area contributed by atoms with E-state index in [0.717, 1.165) is 16.5 Å². The summed E-state index contributed by atoms with van der Waals surface area (Å²) in [5.41, 5.74) is 0.00758. The van der Waals surface area contributed by atoms with Gasteiger partial charge in [0.25, 0.3) is 5.56 Å². The van der Waals surface area contributed by atoms with Gasteiger partial charge in [-0.3, -0.25) is 4.79 Å². The highest BCUT2D eigenvalue weighted by Gasteiger charge is 2.44. The van der Waals surface area contributed by atoms with Crippen molar-refractivity contribution in [3.8, 4) is 0 Å². The van der Waals surface area contributed by atoms with E-state index in [1.165, 1.54) is 0 Å². The summed E-state index contributed by atoms with van der Waals surface area (Å²) in [7, 11) is 3.93. The van der Waals surface area contributed by atoms with Crippen LogP contribution in [0.4, 0.5) is 4.79 Å². The molecule has 0 bridgehead atoms. The fourth-order valence-corrected chi connectivity index (χ4v) is 5.54. The maximum absolute atomic E-state index is 14.2. The Kier molecular flexibility index (Phi) is 8.67. The van der Waals surface area contributed by atoms with Crippen LogP contribution in [-0.2, 0) is 11.3 Å². The van der Waals surface area contributed by atoms with E-state index in [4.69, 9.17) is 27.9 Å². The smallest absolute Gasteiger partial charge is 0.410 e. The first-order valence-corrected chi connectivity index (χ1v) is 14.0. The van der Waals surface area contributed by atoms with E-state index >= 15 is 0 Å². The highest BCUT2D eigenvalue weighted by molar-refractivity contribution is 6.31. The van der Waals surface area contributed by atoms with Crippen LogP contribution in [0, 0.1) is 0 Å². The van der Waals surface area contributed by atoms with E-state index in [9.17, 15) is 14.7 Å². The number of fused-ring (bicyclic) bond motifs is 1. The summed E-state index contributed by atoms with van der Waals surface area (Å²) >= 11 is 12.6. The number of aliphatic hydroxyl groups is 1. The number of carbonyl (C=O) groups excluding carboxylic acids is 1. The highest BCUT2D eigenvalue weighted by Crippen LogP contribution is 2.41. The third-order valence-corrected chi connectivity index (χ3v) is 7.67. The maximum Gasteiger partial charge on any atom is 0.410 e. The molecule has 39 heavy (non-hydrogen) atoms. The van der Waals surface area contributed by atoms with Crippen LogP contribution in [0.2, 0.25) is 10.0 Å². The predicted molar refractivity (Wildman–Crippen MR) is 157 cm³/mol. The largest absolute Gasteiger partial charge is 0.444 e. The fourth-order valence-electron chi connectivity index (χ4n) is 5.24. The summed E-state index contributed by atoms with van der Waals surface area (Å²) in [6, 6.07) is 14.6. The SMILES string of the molecule is CN(C)CCn1c(=O)c(C(c2ccc(Cl)cc2)C2(O)CCN(C(=O)OC(C)(C)C)CC2)cc2cc(Cl)ccc21. The Bertz CT molecular complexity index is 1390. The van der Waals surface area contributed by atoms with Gasteiger partial charge in [-0.25, -0.2) is 4.79 Å². The number of hydrogen-bond donors (Lipinski definition) is 1. The van der Waals surface area contributed by atoms with E-state index < -0.39 is 23.2 Å². The summed E-state index contributed by atoms with van der Waals surface area (Å²) in [4.78, 5) is 30.5. The predicted octanol–water partition coefficient (Wildman–Crippen LogP) is 5.76. The molecule has 1 fully saturated rings. The molecule has 1 aliphatic heterocycles. The summed E-state index contributed by atoms with van der Waals surface area (Å²) in [5.74, 6) is -0.642. The number of aromatic nitrogens is 1. The molecule has 1 saturated heterocycles. The molecular weight excluding hydrogens is 537 g/mol. The van der Waals surface area contributed by atoms with Crippen molar-refractivity contribution in [2.45, 2.75) is 57.3 Å². The van der Waals surface area contributed by atoms with Crippen LogP contribution in [-0.4, -0.2) is 70.5 Å². The van der Waals surface area contributed by atoms with Gasteiger partial charge in [-0.2, -0.15) is 0 Å². The third-order valence-electron chi connectivity index (χ3n) is 7.19. The number of likely N-dealkylation sites (N-methyl/N-ethyl adjacent to an activating group) is 1. The Hall–Kier alpha value is -2.58. The monoisotopic (exact) mass is 573 g/mol. The zero-order valence-electron chi connectivity index (χ0n) is 23.2. The van der Waals surface area contributed by atoms with Gasteiger partial charge in [0.15, 0.2) is 0 Å². The minimum Gasteiger partial charge on any atom is -0.444 e. The summed E-state index contributed by atoms with van der Waals surface area (Å²) in [5, 5.41) is 14.2. The Balaban J connectivity index is 1.81. The zero-order chi connectivity index (χ0) is 28.5. The fraction of sp³-hybridized carbons (Fsp3) is 0.467. The number of pyridine rings is 1. The molecule has 1 unspecified atom stereocenters. The Morgan fingerprint density at radius 1 is 1.05 bits per heavy atom. The number of rotatable bonds is 6. The van der Waals surface area contributed by atoms with E-state index in [0.29, 0.717) is 41.8 Å². The van der Waals surface area contributed by atoms with Gasteiger partial charge in [-0.05, 0) is 89.7 Å². The van der Waals surface area contributed by atoms with E-state index in [1.807, 2.05) is 70.1 Å². The first-order chi connectivity index (χ1) is 18.3. The molecule has 1 aromatic heterocycles. The molecule has 1 aliphatic rings. The molecule has 1 amide bonds. The van der Waals surface area contributed by atoms with Crippen molar-refractivity contribution < 1.29 is 14.6 Å². The van der Waals surface area contributed by atoms with Crippen molar-refractivity contribution in [3.05, 3.63) is 80.1 Å². The average molecular weight is 575 g/mol. The van der Waals surface area contributed by atoms with E-state index in [-0.39, 0.29) is 18.4 Å². The number of benzene rings is 2. The first kappa shape index (κ1) is 29.4. The molecule has 9 heteroatoms. The Labute approximate surface area is 239 Å². The standard InChI is InChI=1S/C30H37Cl2N3O4/c1-29(2,3)39-28(37)34-14-12-30(38,13-15-34)26(20-6-8-22(31)9-7-20)24-19-21-18-23(32)10-11-25(21)35(27(24)36)17-16-33(4)5/h6-11,18-19,26,38H,12-17H2,1-5H3. The summed E-state index contributed by atoms with van der Waals surface area (Å²) in [6.45, 7) is 7.25. The van der Waals surface area contributed by atoms with Crippen LogP contribution in [0.25, 0.3) is 10.9 Å². The lowest BCUT2D eigenvalue weighted by molar-refractivity contribution is -0.0415. The summed E-state index contributed by atoms with van der Waals surface area (Å²) in [6.07, 6.45) is 0.160. The topological polar surface area (TPSA) is 75.0 Å². The van der Waals surface area contributed by atoms with Gasteiger partial charge in [0, 0.05) is 53.1 Å². The lowest BCUT2D eigenvalue weighted by atomic mass is 9.72. The Morgan fingerprint density at radius 2 is 1.67 bits per heavy atom. The normalized spacial score (nSPS) is 16.5. The van der Waals surface area contributed by atoms with Crippen molar-refractivity contribution in [2.24, 2.45) is 0 Å². The average Bonchev–Trinajstić information content (AvgIpc) is 2.84. The van der Waals surface area contributed by atoms with Crippen LogP contribution < -0.4 is 5.56 Å². The molecule has 2 aromatic carbocycles. The van der Waals surface area contributed by atoms with Gasteiger partial charge in [-0.1, -0.05) is 35.3 Å². The van der Waals surface area contributed by atoms with Gasteiger partial charge >= 0.3 is 6.09 Å². The highest BCUT2D eigenvalue weighted by atomic mass is 35.5.